The second-order valence-corrected chi connectivity index (χ2v) is 3.60. The summed E-state index contributed by atoms with van der Waals surface area (Å²) in [7, 11) is 0. The molecule has 5 nitrogen and oxygen atoms in total. The van der Waals surface area contributed by atoms with Gasteiger partial charge in [0.1, 0.15) is 5.75 Å². The molecule has 0 saturated heterocycles. The monoisotopic (exact) mass is 238 g/mol. The van der Waals surface area contributed by atoms with Gasteiger partial charge in [0.25, 0.3) is 0 Å². The summed E-state index contributed by atoms with van der Waals surface area (Å²) in [6.07, 6.45) is 0.304. The number of benzene rings is 1. The number of hydrogen-bond acceptors (Lipinski definition) is 3. The Bertz CT molecular complexity index is 385. The largest absolute Gasteiger partial charge is 0.478 e. The zero-order valence-electron chi connectivity index (χ0n) is 9.42. The summed E-state index contributed by atoms with van der Waals surface area (Å²) in [6.45, 7) is 1.70. The van der Waals surface area contributed by atoms with Crippen molar-refractivity contribution in [3.05, 3.63) is 30.3 Å². The van der Waals surface area contributed by atoms with Crippen molar-refractivity contribution in [3.63, 3.8) is 0 Å². The van der Waals surface area contributed by atoms with E-state index in [1.165, 1.54) is 12.1 Å². The molecule has 0 heterocycles. The van der Waals surface area contributed by atoms with E-state index in [9.17, 15) is 9.59 Å². The summed E-state index contributed by atoms with van der Waals surface area (Å²) in [5, 5.41) is 18.2. The number of para-hydroxylation sites is 1. The third-order valence-electron chi connectivity index (χ3n) is 2.33. The maximum Gasteiger partial charge on any atom is 0.360 e. The molecule has 0 aliphatic heterocycles. The average molecular weight is 238 g/mol. The van der Waals surface area contributed by atoms with Gasteiger partial charge in [-0.05, 0) is 12.1 Å². The van der Waals surface area contributed by atoms with Crippen molar-refractivity contribution in [3.8, 4) is 5.75 Å². The molecule has 0 atom stereocenters. The quantitative estimate of drug-likeness (QED) is 0.738. The van der Waals surface area contributed by atoms with Crippen molar-refractivity contribution in [2.75, 3.05) is 0 Å². The van der Waals surface area contributed by atoms with Crippen molar-refractivity contribution in [2.45, 2.75) is 25.4 Å². The zero-order valence-corrected chi connectivity index (χ0v) is 9.42. The molecule has 1 aromatic rings. The Hall–Kier alpha value is -2.04. The zero-order chi connectivity index (χ0) is 12.9. The van der Waals surface area contributed by atoms with Crippen LogP contribution in [0.1, 0.15) is 19.8 Å². The normalized spacial score (nSPS) is 10.9. The molecule has 17 heavy (non-hydrogen) atoms. The SMILES string of the molecule is CCCC(Oc1ccccc1)(C(=O)O)C(=O)O. The van der Waals surface area contributed by atoms with Crippen LogP contribution in [0.5, 0.6) is 5.75 Å². The summed E-state index contributed by atoms with van der Waals surface area (Å²) in [6, 6.07) is 8.08. The summed E-state index contributed by atoms with van der Waals surface area (Å²) in [5.41, 5.74) is -2.21. The molecule has 0 spiro atoms. The molecular weight excluding hydrogens is 224 g/mol. The van der Waals surface area contributed by atoms with Gasteiger partial charge in [0.15, 0.2) is 0 Å². The summed E-state index contributed by atoms with van der Waals surface area (Å²) in [4.78, 5) is 22.3. The predicted molar refractivity (Wildman–Crippen MR) is 60.0 cm³/mol. The van der Waals surface area contributed by atoms with Crippen LogP contribution in [0.25, 0.3) is 0 Å². The van der Waals surface area contributed by atoms with E-state index in [4.69, 9.17) is 14.9 Å². The van der Waals surface area contributed by atoms with E-state index < -0.39 is 17.5 Å². The van der Waals surface area contributed by atoms with Crippen LogP contribution < -0.4 is 4.74 Å². The van der Waals surface area contributed by atoms with Crippen LogP contribution in [0.2, 0.25) is 0 Å². The van der Waals surface area contributed by atoms with Crippen LogP contribution >= 0.6 is 0 Å². The number of carboxylic acids is 2. The van der Waals surface area contributed by atoms with E-state index in [0.717, 1.165) is 0 Å². The first kappa shape index (κ1) is 13.0. The predicted octanol–water partition coefficient (Wildman–Crippen LogP) is 1.77. The Morgan fingerprint density at radius 2 is 1.71 bits per heavy atom. The van der Waals surface area contributed by atoms with E-state index in [1.807, 2.05) is 0 Å². The van der Waals surface area contributed by atoms with Gasteiger partial charge >= 0.3 is 17.5 Å². The summed E-state index contributed by atoms with van der Waals surface area (Å²) < 4.78 is 5.17. The minimum absolute atomic E-state index is 0.0907. The van der Waals surface area contributed by atoms with Gasteiger partial charge in [-0.1, -0.05) is 31.5 Å². The molecule has 0 unspecified atom stereocenters. The molecule has 1 aromatic carbocycles. The van der Waals surface area contributed by atoms with Gasteiger partial charge < -0.3 is 14.9 Å². The Morgan fingerprint density at radius 3 is 2.12 bits per heavy atom. The molecule has 0 radical (unpaired) electrons. The van der Waals surface area contributed by atoms with Gasteiger partial charge in [0.05, 0.1) is 0 Å². The lowest BCUT2D eigenvalue weighted by molar-refractivity contribution is -0.173. The van der Waals surface area contributed by atoms with Crippen LogP contribution in [0.15, 0.2) is 30.3 Å². The molecule has 0 saturated carbocycles. The lowest BCUT2D eigenvalue weighted by Crippen LogP contribution is -2.51. The Labute approximate surface area is 98.6 Å². The van der Waals surface area contributed by atoms with Gasteiger partial charge in [0, 0.05) is 6.42 Å². The third kappa shape index (κ3) is 2.75. The molecule has 92 valence electrons. The summed E-state index contributed by atoms with van der Waals surface area (Å²) >= 11 is 0. The van der Waals surface area contributed by atoms with Crippen LogP contribution in [0.3, 0.4) is 0 Å². The number of aliphatic carboxylic acids is 2. The molecule has 0 aliphatic rings. The minimum atomic E-state index is -2.21. The van der Waals surface area contributed by atoms with Crippen molar-refractivity contribution in [1.29, 1.82) is 0 Å². The Kier molecular flexibility index (Phi) is 4.09. The van der Waals surface area contributed by atoms with Gasteiger partial charge in [-0.2, -0.15) is 0 Å². The number of carbonyl (C=O) groups is 2. The maximum atomic E-state index is 11.2. The topological polar surface area (TPSA) is 83.8 Å². The third-order valence-corrected chi connectivity index (χ3v) is 2.33. The molecule has 0 amide bonds. The number of rotatable bonds is 6. The fourth-order valence-electron chi connectivity index (χ4n) is 1.49. The molecule has 0 bridgehead atoms. The fraction of sp³-hybridized carbons (Fsp3) is 0.333. The summed E-state index contributed by atoms with van der Waals surface area (Å²) in [5.74, 6) is -2.75. The standard InChI is InChI=1S/C12H14O5/c1-2-8-12(10(13)14,11(15)16)17-9-6-4-3-5-7-9/h3-7H,2,8H2,1H3,(H,13,14)(H,15,16). The van der Waals surface area contributed by atoms with E-state index in [0.29, 0.717) is 6.42 Å². The average Bonchev–Trinajstić information content (AvgIpc) is 2.29. The fourth-order valence-corrected chi connectivity index (χ4v) is 1.49. The van der Waals surface area contributed by atoms with Crippen molar-refractivity contribution >= 4 is 11.9 Å². The van der Waals surface area contributed by atoms with Gasteiger partial charge in [0.2, 0.25) is 0 Å². The molecule has 0 aromatic heterocycles. The van der Waals surface area contributed by atoms with E-state index in [1.54, 1.807) is 25.1 Å². The number of hydrogen-bond donors (Lipinski definition) is 2. The smallest absolute Gasteiger partial charge is 0.360 e. The maximum absolute atomic E-state index is 11.2. The van der Waals surface area contributed by atoms with Crippen LogP contribution in [0.4, 0.5) is 0 Å². The van der Waals surface area contributed by atoms with E-state index in [-0.39, 0.29) is 12.2 Å². The second-order valence-electron chi connectivity index (χ2n) is 3.60. The first-order valence-corrected chi connectivity index (χ1v) is 5.24. The first-order chi connectivity index (χ1) is 8.03. The van der Waals surface area contributed by atoms with Crippen LogP contribution in [-0.2, 0) is 9.59 Å². The van der Waals surface area contributed by atoms with Crippen molar-refractivity contribution in [1.82, 2.24) is 0 Å². The molecule has 0 aliphatic carbocycles. The highest BCUT2D eigenvalue weighted by molar-refractivity contribution is 6.02. The molecule has 1 rings (SSSR count). The lowest BCUT2D eigenvalue weighted by Gasteiger charge is -2.25. The second kappa shape index (κ2) is 5.34. The van der Waals surface area contributed by atoms with E-state index >= 15 is 0 Å². The van der Waals surface area contributed by atoms with Crippen molar-refractivity contribution in [2.24, 2.45) is 0 Å². The minimum Gasteiger partial charge on any atom is -0.478 e. The van der Waals surface area contributed by atoms with E-state index in [2.05, 4.69) is 0 Å². The van der Waals surface area contributed by atoms with Crippen LogP contribution in [-0.4, -0.2) is 27.8 Å². The highest BCUT2D eigenvalue weighted by Gasteiger charge is 2.48. The van der Waals surface area contributed by atoms with Crippen molar-refractivity contribution < 1.29 is 24.5 Å². The highest BCUT2D eigenvalue weighted by atomic mass is 16.6. The molecule has 5 heteroatoms. The molecular formula is C12H14O5. The lowest BCUT2D eigenvalue weighted by atomic mass is 9.98. The van der Waals surface area contributed by atoms with Gasteiger partial charge in [-0.15, -0.1) is 0 Å². The molecule has 2 N–H and O–H groups in total. The number of carboxylic acid groups (broad SMARTS) is 2. The Morgan fingerprint density at radius 1 is 1.18 bits per heavy atom. The number of ether oxygens (including phenoxy) is 1. The Balaban J connectivity index is 3.06. The van der Waals surface area contributed by atoms with Crippen LogP contribution in [0, 0.1) is 0 Å². The van der Waals surface area contributed by atoms with Gasteiger partial charge in [-0.25, -0.2) is 9.59 Å². The molecule has 0 fully saturated rings. The first-order valence-electron chi connectivity index (χ1n) is 5.24. The highest BCUT2D eigenvalue weighted by Crippen LogP contribution is 2.23. The van der Waals surface area contributed by atoms with Gasteiger partial charge in [-0.3, -0.25) is 0 Å².